The lowest BCUT2D eigenvalue weighted by atomic mass is 10.4. The average Bonchev–Trinajstić information content (AvgIpc) is 2.75. The molecular formula is C8H11ClN4O. The summed E-state index contributed by atoms with van der Waals surface area (Å²) in [6.45, 7) is 1.96. The van der Waals surface area contributed by atoms with E-state index in [0.29, 0.717) is 0 Å². The van der Waals surface area contributed by atoms with Gasteiger partial charge in [-0.25, -0.2) is 9.67 Å². The van der Waals surface area contributed by atoms with Crippen LogP contribution in [0.15, 0.2) is 6.33 Å². The molecule has 2 heterocycles. The Morgan fingerprint density at radius 2 is 2.21 bits per heavy atom. The maximum Gasteiger partial charge on any atom is 0.244 e. The van der Waals surface area contributed by atoms with Gasteiger partial charge in [0.1, 0.15) is 12.9 Å². The molecule has 0 aromatic carbocycles. The minimum Gasteiger partial charge on any atom is -0.341 e. The van der Waals surface area contributed by atoms with Gasteiger partial charge in [-0.1, -0.05) is 0 Å². The molecule has 1 amide bonds. The van der Waals surface area contributed by atoms with Crippen molar-refractivity contribution < 1.29 is 4.79 Å². The minimum atomic E-state index is 0.0871. The highest BCUT2D eigenvalue weighted by Gasteiger charge is 2.18. The molecule has 0 saturated carbocycles. The highest BCUT2D eigenvalue weighted by Crippen LogP contribution is 2.08. The Morgan fingerprint density at radius 1 is 1.50 bits per heavy atom. The van der Waals surface area contributed by atoms with Gasteiger partial charge in [0.15, 0.2) is 0 Å². The first-order valence-electron chi connectivity index (χ1n) is 4.58. The largest absolute Gasteiger partial charge is 0.341 e. The van der Waals surface area contributed by atoms with E-state index in [0.717, 1.165) is 25.9 Å². The molecule has 5 nitrogen and oxygen atoms in total. The van der Waals surface area contributed by atoms with Gasteiger partial charge in [0.25, 0.3) is 0 Å². The Bertz CT molecular complexity index is 332. The van der Waals surface area contributed by atoms with Crippen LogP contribution in [0.4, 0.5) is 0 Å². The van der Waals surface area contributed by atoms with Crippen LogP contribution in [-0.4, -0.2) is 38.7 Å². The van der Waals surface area contributed by atoms with Crippen molar-refractivity contribution in [2.45, 2.75) is 19.4 Å². The van der Waals surface area contributed by atoms with E-state index in [4.69, 9.17) is 11.6 Å². The SMILES string of the molecule is O=C(Cn1cnc(Cl)n1)N1CCCC1. The summed E-state index contributed by atoms with van der Waals surface area (Å²) in [6, 6.07) is 0. The molecule has 0 atom stereocenters. The Labute approximate surface area is 86.7 Å². The van der Waals surface area contributed by atoms with E-state index in [2.05, 4.69) is 10.1 Å². The monoisotopic (exact) mass is 214 g/mol. The van der Waals surface area contributed by atoms with Crippen molar-refractivity contribution in [1.29, 1.82) is 0 Å². The number of hydrogen-bond donors (Lipinski definition) is 0. The molecule has 0 spiro atoms. The Morgan fingerprint density at radius 3 is 2.79 bits per heavy atom. The average molecular weight is 215 g/mol. The number of carbonyl (C=O) groups excluding carboxylic acids is 1. The Balaban J connectivity index is 1.93. The summed E-state index contributed by atoms with van der Waals surface area (Å²) < 4.78 is 1.46. The van der Waals surface area contributed by atoms with Crippen molar-refractivity contribution in [2.75, 3.05) is 13.1 Å². The summed E-state index contributed by atoms with van der Waals surface area (Å²) in [5.74, 6) is 0.0871. The Hall–Kier alpha value is -1.10. The number of hydrogen-bond acceptors (Lipinski definition) is 3. The van der Waals surface area contributed by atoms with Crippen LogP contribution < -0.4 is 0 Å². The van der Waals surface area contributed by atoms with Crippen molar-refractivity contribution in [1.82, 2.24) is 19.7 Å². The summed E-state index contributed by atoms with van der Waals surface area (Å²) in [5.41, 5.74) is 0. The molecule has 6 heteroatoms. The minimum absolute atomic E-state index is 0.0871. The number of halogens is 1. The van der Waals surface area contributed by atoms with Crippen molar-refractivity contribution in [3.63, 3.8) is 0 Å². The number of amides is 1. The molecule has 0 N–H and O–H groups in total. The van der Waals surface area contributed by atoms with Crippen LogP contribution in [0.3, 0.4) is 0 Å². The van der Waals surface area contributed by atoms with Gasteiger partial charge in [0, 0.05) is 13.1 Å². The summed E-state index contributed by atoms with van der Waals surface area (Å²) in [6.07, 6.45) is 3.67. The molecule has 1 aromatic heterocycles. The van der Waals surface area contributed by atoms with Gasteiger partial charge < -0.3 is 4.90 Å². The lowest BCUT2D eigenvalue weighted by Gasteiger charge is -2.14. The fourth-order valence-electron chi connectivity index (χ4n) is 1.55. The van der Waals surface area contributed by atoms with Crippen LogP contribution in [0.25, 0.3) is 0 Å². The first kappa shape index (κ1) is 9.45. The predicted molar refractivity (Wildman–Crippen MR) is 50.8 cm³/mol. The first-order chi connectivity index (χ1) is 6.75. The van der Waals surface area contributed by atoms with Crippen LogP contribution in [0.5, 0.6) is 0 Å². The molecule has 0 bridgehead atoms. The van der Waals surface area contributed by atoms with Crippen molar-refractivity contribution in [3.8, 4) is 0 Å². The topological polar surface area (TPSA) is 51.0 Å². The number of likely N-dealkylation sites (tertiary alicyclic amines) is 1. The van der Waals surface area contributed by atoms with Gasteiger partial charge in [0.2, 0.25) is 11.2 Å². The van der Waals surface area contributed by atoms with E-state index in [9.17, 15) is 4.79 Å². The zero-order valence-electron chi connectivity index (χ0n) is 7.69. The number of carbonyl (C=O) groups is 1. The van der Waals surface area contributed by atoms with Crippen molar-refractivity contribution in [2.24, 2.45) is 0 Å². The van der Waals surface area contributed by atoms with Crippen molar-refractivity contribution >= 4 is 17.5 Å². The van der Waals surface area contributed by atoms with E-state index >= 15 is 0 Å². The molecule has 2 rings (SSSR count). The van der Waals surface area contributed by atoms with Gasteiger partial charge >= 0.3 is 0 Å². The molecular weight excluding hydrogens is 204 g/mol. The van der Waals surface area contributed by atoms with Gasteiger partial charge in [0.05, 0.1) is 0 Å². The second kappa shape index (κ2) is 3.96. The second-order valence-corrected chi connectivity index (χ2v) is 3.64. The maximum absolute atomic E-state index is 11.6. The highest BCUT2D eigenvalue weighted by atomic mass is 35.5. The molecule has 76 valence electrons. The maximum atomic E-state index is 11.6. The lowest BCUT2D eigenvalue weighted by molar-refractivity contribution is -0.130. The third-order valence-corrected chi connectivity index (χ3v) is 2.44. The van der Waals surface area contributed by atoms with Crippen molar-refractivity contribution in [3.05, 3.63) is 11.6 Å². The third-order valence-electron chi connectivity index (χ3n) is 2.26. The van der Waals surface area contributed by atoms with E-state index in [1.54, 1.807) is 0 Å². The summed E-state index contributed by atoms with van der Waals surface area (Å²) in [4.78, 5) is 17.2. The van der Waals surface area contributed by atoms with E-state index in [1.165, 1.54) is 11.0 Å². The zero-order valence-corrected chi connectivity index (χ0v) is 8.44. The van der Waals surface area contributed by atoms with E-state index < -0.39 is 0 Å². The molecule has 1 saturated heterocycles. The van der Waals surface area contributed by atoms with E-state index in [1.807, 2.05) is 4.90 Å². The normalized spacial score (nSPS) is 16.2. The molecule has 0 radical (unpaired) electrons. The molecule has 1 aromatic rings. The second-order valence-electron chi connectivity index (χ2n) is 3.30. The zero-order chi connectivity index (χ0) is 9.97. The molecule has 0 aliphatic carbocycles. The lowest BCUT2D eigenvalue weighted by Crippen LogP contribution is -2.31. The van der Waals surface area contributed by atoms with Crippen LogP contribution in [0.2, 0.25) is 5.28 Å². The summed E-state index contributed by atoms with van der Waals surface area (Å²) >= 11 is 5.54. The number of rotatable bonds is 2. The molecule has 1 aliphatic rings. The fourth-order valence-corrected chi connectivity index (χ4v) is 1.69. The van der Waals surface area contributed by atoms with Gasteiger partial charge in [-0.05, 0) is 24.4 Å². The van der Waals surface area contributed by atoms with Crippen LogP contribution in [0, 0.1) is 0 Å². The van der Waals surface area contributed by atoms with Crippen LogP contribution in [-0.2, 0) is 11.3 Å². The standard InChI is InChI=1S/C8H11ClN4O/c9-8-10-6-13(11-8)5-7(14)12-3-1-2-4-12/h6H,1-5H2. The highest BCUT2D eigenvalue weighted by molar-refractivity contribution is 6.28. The number of nitrogens with zero attached hydrogens (tertiary/aromatic N) is 4. The fraction of sp³-hybridized carbons (Fsp3) is 0.625. The van der Waals surface area contributed by atoms with Gasteiger partial charge in [-0.3, -0.25) is 4.79 Å². The summed E-state index contributed by atoms with van der Waals surface area (Å²) in [5, 5.41) is 4.03. The molecule has 1 aliphatic heterocycles. The quantitative estimate of drug-likeness (QED) is 0.723. The predicted octanol–water partition coefficient (Wildman–Crippen LogP) is 0.554. The third kappa shape index (κ3) is 2.04. The van der Waals surface area contributed by atoms with E-state index in [-0.39, 0.29) is 17.7 Å². The smallest absolute Gasteiger partial charge is 0.244 e. The van der Waals surface area contributed by atoms with Crippen LogP contribution >= 0.6 is 11.6 Å². The first-order valence-corrected chi connectivity index (χ1v) is 4.96. The number of aromatic nitrogens is 3. The summed E-state index contributed by atoms with van der Waals surface area (Å²) in [7, 11) is 0. The van der Waals surface area contributed by atoms with Gasteiger partial charge in [-0.2, -0.15) is 0 Å². The Kier molecular flexibility index (Phi) is 2.67. The van der Waals surface area contributed by atoms with Crippen LogP contribution in [0.1, 0.15) is 12.8 Å². The molecule has 1 fully saturated rings. The molecule has 0 unspecified atom stereocenters. The molecule has 14 heavy (non-hydrogen) atoms. The van der Waals surface area contributed by atoms with Gasteiger partial charge in [-0.15, -0.1) is 5.10 Å².